The molecule has 1 N–H and O–H groups in total. The minimum Gasteiger partial charge on any atom is -0.348 e. The van der Waals surface area contributed by atoms with Gasteiger partial charge in [-0.2, -0.15) is 0 Å². The van der Waals surface area contributed by atoms with E-state index in [-0.39, 0.29) is 12.3 Å². The highest BCUT2D eigenvalue weighted by Gasteiger charge is 2.21. The number of hydrogen-bond donors (Lipinski definition) is 1. The van der Waals surface area contributed by atoms with E-state index < -0.39 is 0 Å². The van der Waals surface area contributed by atoms with Crippen LogP contribution in [0, 0.1) is 0 Å². The third kappa shape index (κ3) is 5.51. The Morgan fingerprint density at radius 3 is 2.82 bits per heavy atom. The summed E-state index contributed by atoms with van der Waals surface area (Å²) in [6, 6.07) is -0.229. The maximum Gasteiger partial charge on any atom is 0.323 e. The van der Waals surface area contributed by atoms with Crippen LogP contribution in [0.1, 0.15) is 37.6 Å². The van der Waals surface area contributed by atoms with E-state index in [1.807, 2.05) is 0 Å². The van der Waals surface area contributed by atoms with E-state index in [0.29, 0.717) is 24.9 Å². The van der Waals surface area contributed by atoms with Crippen molar-refractivity contribution >= 4 is 22.5 Å². The highest BCUT2D eigenvalue weighted by atomic mass is 32.1. The molecule has 0 unspecified atom stereocenters. The summed E-state index contributed by atoms with van der Waals surface area (Å²) >= 11 is 1.44. The number of likely N-dealkylation sites (N-methyl/N-ethyl adjacent to an activating group) is 1. The number of rotatable bonds is 8. The van der Waals surface area contributed by atoms with Crippen molar-refractivity contribution in [2.24, 2.45) is 0 Å². The fourth-order valence-electron chi connectivity index (χ4n) is 2.11. The number of aryl methyl sites for hydroxylation is 1. The van der Waals surface area contributed by atoms with Gasteiger partial charge in [-0.1, -0.05) is 37.5 Å². The smallest absolute Gasteiger partial charge is 0.323 e. The summed E-state index contributed by atoms with van der Waals surface area (Å²) in [6.45, 7) is 3.75. The molecule has 2 heterocycles. The topological polar surface area (TPSA) is 76.6 Å². The van der Waals surface area contributed by atoms with Gasteiger partial charge in [0.05, 0.1) is 19.8 Å². The number of urea groups is 1. The Balaban J connectivity index is 1.72. The molecule has 1 saturated heterocycles. The van der Waals surface area contributed by atoms with E-state index in [1.54, 1.807) is 7.05 Å². The predicted octanol–water partition coefficient (Wildman–Crippen LogP) is 2.50. The van der Waals surface area contributed by atoms with E-state index in [0.717, 1.165) is 17.8 Å². The largest absolute Gasteiger partial charge is 0.348 e. The van der Waals surface area contributed by atoms with Gasteiger partial charge in [-0.25, -0.2) is 4.79 Å². The van der Waals surface area contributed by atoms with Crippen LogP contribution in [0.2, 0.25) is 0 Å². The van der Waals surface area contributed by atoms with Crippen LogP contribution in [0.15, 0.2) is 0 Å². The molecule has 1 aliphatic rings. The summed E-state index contributed by atoms with van der Waals surface area (Å²) in [6.07, 6.45) is 5.39. The van der Waals surface area contributed by atoms with Crippen molar-refractivity contribution in [3.63, 3.8) is 0 Å². The fraction of sp³-hybridized carbons (Fsp3) is 0.786. The van der Waals surface area contributed by atoms with Gasteiger partial charge in [0.25, 0.3) is 0 Å². The molecule has 0 aromatic carbocycles. The van der Waals surface area contributed by atoms with Crippen LogP contribution in [-0.2, 0) is 15.9 Å². The Kier molecular flexibility index (Phi) is 7.01. The molecular weight excluding hydrogens is 304 g/mol. The Bertz CT molecular complexity index is 463. The molecular formula is C14H24N4O3S. The van der Waals surface area contributed by atoms with Crippen molar-refractivity contribution < 1.29 is 14.3 Å². The number of aromatic nitrogens is 2. The van der Waals surface area contributed by atoms with Gasteiger partial charge in [0.1, 0.15) is 5.01 Å². The Labute approximate surface area is 135 Å². The standard InChI is InChI=1S/C14H24N4O3S/c1-3-4-5-6-7-11-16-17-13(22-11)15-14(19)18(2)10-12-20-8-9-21-12/h12H,3-10H2,1-2H3,(H,15,17,19). The summed E-state index contributed by atoms with van der Waals surface area (Å²) in [5.74, 6) is 0. The maximum absolute atomic E-state index is 12.1. The van der Waals surface area contributed by atoms with E-state index in [1.165, 1.54) is 35.5 Å². The zero-order chi connectivity index (χ0) is 15.8. The molecule has 2 rings (SSSR count). The predicted molar refractivity (Wildman–Crippen MR) is 85.1 cm³/mol. The molecule has 22 heavy (non-hydrogen) atoms. The number of nitrogens with zero attached hydrogens (tertiary/aromatic N) is 3. The molecule has 1 fully saturated rings. The number of carbonyl (C=O) groups excluding carboxylic acids is 1. The van der Waals surface area contributed by atoms with Crippen LogP contribution in [0.25, 0.3) is 0 Å². The van der Waals surface area contributed by atoms with Crippen molar-refractivity contribution in [2.75, 3.05) is 32.1 Å². The van der Waals surface area contributed by atoms with Crippen LogP contribution in [-0.4, -0.2) is 54.2 Å². The fourth-order valence-corrected chi connectivity index (χ4v) is 2.89. The Morgan fingerprint density at radius 2 is 2.09 bits per heavy atom. The van der Waals surface area contributed by atoms with Crippen molar-refractivity contribution in [3.05, 3.63) is 5.01 Å². The molecule has 0 atom stereocenters. The average molecular weight is 328 g/mol. The number of hydrogen-bond acceptors (Lipinski definition) is 6. The first kappa shape index (κ1) is 17.1. The first-order valence-electron chi connectivity index (χ1n) is 7.76. The minimum absolute atomic E-state index is 0.229. The van der Waals surface area contributed by atoms with Gasteiger partial charge in [-0.3, -0.25) is 5.32 Å². The van der Waals surface area contributed by atoms with Gasteiger partial charge >= 0.3 is 6.03 Å². The van der Waals surface area contributed by atoms with E-state index >= 15 is 0 Å². The third-order valence-electron chi connectivity index (χ3n) is 3.39. The highest BCUT2D eigenvalue weighted by Crippen LogP contribution is 2.18. The van der Waals surface area contributed by atoms with Crippen molar-refractivity contribution in [3.8, 4) is 0 Å². The molecule has 0 spiro atoms. The molecule has 2 amide bonds. The third-order valence-corrected chi connectivity index (χ3v) is 4.28. The lowest BCUT2D eigenvalue weighted by atomic mass is 10.2. The van der Waals surface area contributed by atoms with Crippen LogP contribution < -0.4 is 5.32 Å². The van der Waals surface area contributed by atoms with Gasteiger partial charge in [-0.15, -0.1) is 10.2 Å². The van der Waals surface area contributed by atoms with Crippen molar-refractivity contribution in [1.29, 1.82) is 0 Å². The van der Waals surface area contributed by atoms with Gasteiger partial charge in [0, 0.05) is 13.5 Å². The normalized spacial score (nSPS) is 15.2. The van der Waals surface area contributed by atoms with Crippen molar-refractivity contribution in [2.45, 2.75) is 45.3 Å². The monoisotopic (exact) mass is 328 g/mol. The van der Waals surface area contributed by atoms with Crippen LogP contribution in [0.3, 0.4) is 0 Å². The Morgan fingerprint density at radius 1 is 1.32 bits per heavy atom. The lowest BCUT2D eigenvalue weighted by Crippen LogP contribution is -2.37. The zero-order valence-electron chi connectivity index (χ0n) is 13.2. The molecule has 0 aliphatic carbocycles. The zero-order valence-corrected chi connectivity index (χ0v) is 14.0. The average Bonchev–Trinajstić information content (AvgIpc) is 3.15. The first-order valence-corrected chi connectivity index (χ1v) is 8.58. The lowest BCUT2D eigenvalue weighted by Gasteiger charge is -2.19. The van der Waals surface area contributed by atoms with Crippen molar-refractivity contribution in [1.82, 2.24) is 15.1 Å². The van der Waals surface area contributed by atoms with Crippen LogP contribution in [0.4, 0.5) is 9.93 Å². The summed E-state index contributed by atoms with van der Waals surface area (Å²) in [7, 11) is 1.70. The number of nitrogens with one attached hydrogen (secondary N) is 1. The van der Waals surface area contributed by atoms with E-state index in [4.69, 9.17) is 9.47 Å². The van der Waals surface area contributed by atoms with Gasteiger partial charge in [0.15, 0.2) is 6.29 Å². The Hall–Kier alpha value is -1.25. The molecule has 1 aromatic heterocycles. The highest BCUT2D eigenvalue weighted by molar-refractivity contribution is 7.15. The SMILES string of the molecule is CCCCCCc1nnc(NC(=O)N(C)CC2OCCO2)s1. The number of carbonyl (C=O) groups is 1. The number of unbranched alkanes of at least 4 members (excludes halogenated alkanes) is 3. The molecule has 0 saturated carbocycles. The number of amides is 2. The second-order valence-electron chi connectivity index (χ2n) is 5.29. The number of ether oxygens (including phenoxy) is 2. The molecule has 124 valence electrons. The summed E-state index contributed by atoms with van der Waals surface area (Å²) in [5, 5.41) is 12.4. The molecule has 0 radical (unpaired) electrons. The summed E-state index contributed by atoms with van der Waals surface area (Å²) < 4.78 is 10.6. The second-order valence-corrected chi connectivity index (χ2v) is 6.36. The van der Waals surface area contributed by atoms with Crippen LogP contribution >= 0.6 is 11.3 Å². The van der Waals surface area contributed by atoms with Gasteiger partial charge in [0.2, 0.25) is 5.13 Å². The minimum atomic E-state index is -0.334. The van der Waals surface area contributed by atoms with Crippen LogP contribution in [0.5, 0.6) is 0 Å². The van der Waals surface area contributed by atoms with Gasteiger partial charge < -0.3 is 14.4 Å². The molecule has 7 nitrogen and oxygen atoms in total. The molecule has 0 bridgehead atoms. The summed E-state index contributed by atoms with van der Waals surface area (Å²) in [5.41, 5.74) is 0. The number of anilines is 1. The summed E-state index contributed by atoms with van der Waals surface area (Å²) in [4.78, 5) is 13.6. The second kappa shape index (κ2) is 9.02. The lowest BCUT2D eigenvalue weighted by molar-refractivity contribution is -0.0518. The molecule has 1 aliphatic heterocycles. The van der Waals surface area contributed by atoms with E-state index in [9.17, 15) is 4.79 Å². The molecule has 1 aromatic rings. The molecule has 8 heteroatoms. The van der Waals surface area contributed by atoms with Gasteiger partial charge in [-0.05, 0) is 6.42 Å². The quantitative estimate of drug-likeness (QED) is 0.742. The van der Waals surface area contributed by atoms with E-state index in [2.05, 4.69) is 22.4 Å². The first-order chi connectivity index (χ1) is 10.7. The maximum atomic E-state index is 12.1.